The quantitative estimate of drug-likeness (QED) is 0.212. The summed E-state index contributed by atoms with van der Waals surface area (Å²) in [5.41, 5.74) is -4.52. The molecule has 0 saturated heterocycles. The SMILES string of the molecule is CC1C(C(F)(F)F)C(C(F)(F)F)C(C)[C@@H](C)C1C(F)(F)F.CC1C(F)C(F)C(F)[C@@H](C)C1F.CC1CC(C(F)(F)F)C[C@@H](C)C1.CC1CCCC(C(F)(F)F)[C@@H]1C.CC1C[C@H](C)CC(C(F)(F)F)C1C(F)(F)F.C[C@H]1C(F)(F)C(C)(F)C(F)(F)C1(F)F.[2H][C@@]1(C)C(C)CCCC1C(F)(F)F.[2H][C@]1(C)CC(C)CC(C(F)(F)F)C1. The molecule has 0 spiro atoms. The predicted molar refractivity (Wildman–Crippen MR) is 341 cm³/mol. The van der Waals surface area contributed by atoms with Gasteiger partial charge in [-0.1, -0.05) is 136 Å². The minimum absolute atomic E-state index is 0.0166. The molecule has 22 unspecified atom stereocenters. The first kappa shape index (κ1) is 103. The van der Waals surface area contributed by atoms with Gasteiger partial charge in [-0.2, -0.15) is 136 Å². The number of alkyl halides is 38. The zero-order valence-corrected chi connectivity index (χ0v) is 64.4. The van der Waals surface area contributed by atoms with Gasteiger partial charge in [0.1, 0.15) is 18.5 Å². The Balaban J connectivity index is 0.000000650. The van der Waals surface area contributed by atoms with Crippen molar-refractivity contribution < 1.29 is 170 Å². The molecule has 8 fully saturated rings. The standard InChI is InChI=1S/C12H15F9.C10H14F6.4C9H15F3.C8H12F4.C7H7F7/c1-4-5(2)8(11(16,17)18)9(12(19,20)21)6(3)7(4)10(13,14)15;1-5-3-6(2)8(10(14,15)16)7(4-5)9(11,12)13;2*1-6-3-7(2)5-8(4-6)9(10,11)12;2*1-6-4-3-5-8(7(6)2)9(10,11)12;1-3-5(9)4(2)7(11)8(12)6(3)10;1-3-5(9,10)4(2,8)7(13,14)6(3,11)12/h4-9H,1-3H3;5-8H,3-4H2,1-2H3;4*6-8H,3-5H2,1-2H3;3-8H,1-2H3;3H,1-2H3/t4-,5?,6?,7?,8?,9?;5-,6?,7?,8?;2*6-,7?,8?;2*6?,7-,8?;3-,4?,5?,6?,7?,8?;3-,4?/m10001100/s1/i;;6D;;7D;;;. The Morgan fingerprint density at radius 2 is 0.604 bits per heavy atom. The molecule has 38 heteroatoms. The lowest BCUT2D eigenvalue weighted by atomic mass is 9.57. The predicted octanol–water partition coefficient (Wildman–Crippen LogP) is 30.2. The highest BCUT2D eigenvalue weighted by Gasteiger charge is 2.88. The van der Waals surface area contributed by atoms with Crippen LogP contribution in [0.15, 0.2) is 0 Å². The van der Waals surface area contributed by atoms with Gasteiger partial charge in [-0.3, -0.25) is 0 Å². The van der Waals surface area contributed by atoms with Crippen LogP contribution in [0, 0.1) is 148 Å². The van der Waals surface area contributed by atoms with Crippen molar-refractivity contribution in [3.63, 3.8) is 0 Å². The molecule has 30 atom stereocenters. The monoisotopic (exact) mass is 1710 g/mol. The molecule has 0 N–H and O–H groups in total. The maximum Gasteiger partial charge on any atom is 0.392 e. The molecule has 8 saturated carbocycles. The number of halogens is 38. The Hall–Kier alpha value is -2.66. The molecule has 111 heavy (non-hydrogen) atoms. The van der Waals surface area contributed by atoms with Crippen molar-refractivity contribution in [2.24, 2.45) is 148 Å². The maximum absolute atomic E-state index is 13.0. The molecule has 8 aliphatic carbocycles. The van der Waals surface area contributed by atoms with Crippen LogP contribution in [0.1, 0.15) is 210 Å². The molecule has 666 valence electrons. The topological polar surface area (TPSA) is 0 Å². The molecule has 0 aromatic carbocycles. The van der Waals surface area contributed by atoms with E-state index in [1.807, 2.05) is 20.8 Å². The molecule has 0 nitrogen and oxygen atoms in total. The van der Waals surface area contributed by atoms with Crippen LogP contribution >= 0.6 is 0 Å². The third kappa shape index (κ3) is 28.0. The third-order valence-corrected chi connectivity index (χ3v) is 24.3. The summed E-state index contributed by atoms with van der Waals surface area (Å²) in [6.45, 7) is 21.7. The van der Waals surface area contributed by atoms with Gasteiger partial charge in [-0.05, 0) is 148 Å². The van der Waals surface area contributed by atoms with Crippen LogP contribution in [0.4, 0.5) is 167 Å². The van der Waals surface area contributed by atoms with E-state index in [0.717, 1.165) is 39.5 Å². The van der Waals surface area contributed by atoms with Crippen LogP contribution in [0.2, 0.25) is 0 Å². The van der Waals surface area contributed by atoms with Crippen molar-refractivity contribution in [2.75, 3.05) is 0 Å². The van der Waals surface area contributed by atoms with E-state index in [2.05, 4.69) is 0 Å². The summed E-state index contributed by atoms with van der Waals surface area (Å²) >= 11 is 0. The fourth-order valence-electron chi connectivity index (χ4n) is 17.5. The Morgan fingerprint density at radius 1 is 0.270 bits per heavy atom. The lowest BCUT2D eigenvalue weighted by Crippen LogP contribution is -2.57. The van der Waals surface area contributed by atoms with Crippen LogP contribution in [0.3, 0.4) is 0 Å². The summed E-state index contributed by atoms with van der Waals surface area (Å²) in [6, 6.07) is 0. The van der Waals surface area contributed by atoms with E-state index in [4.69, 9.17) is 2.74 Å². The maximum atomic E-state index is 13.0. The highest BCUT2D eigenvalue weighted by Crippen LogP contribution is 2.66. The normalized spacial score (nSPS) is 42.5. The summed E-state index contributed by atoms with van der Waals surface area (Å²) < 4.78 is 496. The number of rotatable bonds is 0. The molecule has 0 aliphatic heterocycles. The summed E-state index contributed by atoms with van der Waals surface area (Å²) in [7, 11) is 0. The van der Waals surface area contributed by atoms with Crippen LogP contribution < -0.4 is 0 Å². The van der Waals surface area contributed by atoms with Crippen molar-refractivity contribution in [1.82, 2.24) is 0 Å². The summed E-state index contributed by atoms with van der Waals surface area (Å²) in [6.07, 6.45) is -43.5. The van der Waals surface area contributed by atoms with Crippen molar-refractivity contribution in [3.05, 3.63) is 0 Å². The zero-order valence-electron chi connectivity index (χ0n) is 66.4. The minimum atomic E-state index is -5.36. The molecule has 0 aromatic heterocycles. The van der Waals surface area contributed by atoms with E-state index in [-0.39, 0.29) is 81.0 Å². The smallest absolute Gasteiger partial charge is 0.247 e. The van der Waals surface area contributed by atoms with Gasteiger partial charge in [0.25, 0.3) is 5.92 Å². The van der Waals surface area contributed by atoms with E-state index in [0.29, 0.717) is 39.0 Å². The second-order valence-electron chi connectivity index (χ2n) is 33.3. The average Bonchev–Trinajstić information content (AvgIpc) is 1.55. The van der Waals surface area contributed by atoms with Crippen molar-refractivity contribution in [2.45, 2.75) is 311 Å². The van der Waals surface area contributed by atoms with Gasteiger partial charge < -0.3 is 0 Å². The van der Waals surface area contributed by atoms with E-state index >= 15 is 0 Å². The second-order valence-corrected chi connectivity index (χ2v) is 33.3. The van der Waals surface area contributed by atoms with E-state index in [1.54, 1.807) is 34.6 Å². The van der Waals surface area contributed by atoms with Crippen LogP contribution in [-0.4, -0.2) is 104 Å². The fourth-order valence-corrected chi connectivity index (χ4v) is 17.5. The summed E-state index contributed by atoms with van der Waals surface area (Å²) in [5.74, 6) is -46.4. The highest BCUT2D eigenvalue weighted by atomic mass is 19.4. The minimum Gasteiger partial charge on any atom is -0.247 e. The van der Waals surface area contributed by atoms with Crippen molar-refractivity contribution in [1.29, 1.82) is 0 Å². The molecule has 0 bridgehead atoms. The summed E-state index contributed by atoms with van der Waals surface area (Å²) in [5, 5.41) is 0. The molecule has 0 heterocycles. The van der Waals surface area contributed by atoms with Gasteiger partial charge in [-0.25, -0.2) is 30.7 Å². The van der Waals surface area contributed by atoms with E-state index in [1.165, 1.54) is 27.7 Å². The zero-order chi connectivity index (χ0) is 90.0. The molecule has 0 amide bonds. The second kappa shape index (κ2) is 39.0. The third-order valence-electron chi connectivity index (χ3n) is 24.3. The molecule has 8 aliphatic rings. The van der Waals surface area contributed by atoms with E-state index in [9.17, 15) is 167 Å². The first-order chi connectivity index (χ1) is 49.8. The highest BCUT2D eigenvalue weighted by molar-refractivity contribution is 5.19. The first-order valence-corrected chi connectivity index (χ1v) is 36.8. The average molecular weight is 1710 g/mol. The Kier molecular flexibility index (Phi) is 36.1. The van der Waals surface area contributed by atoms with Crippen LogP contribution in [0.25, 0.3) is 0 Å². The molecule has 0 aromatic rings. The molecule has 0 radical (unpaired) electrons. The van der Waals surface area contributed by atoms with Crippen LogP contribution in [-0.2, 0) is 0 Å². The Labute approximate surface area is 627 Å². The first-order valence-electron chi connectivity index (χ1n) is 37.8. The van der Waals surface area contributed by atoms with Gasteiger partial charge in [0.15, 0.2) is 6.17 Å². The van der Waals surface area contributed by atoms with Gasteiger partial charge in [0.05, 0.1) is 59.2 Å². The Bertz CT molecular complexity index is 2700. The lowest BCUT2D eigenvalue weighted by Gasteiger charge is -2.50. The van der Waals surface area contributed by atoms with Gasteiger partial charge in [0, 0.05) is 14.6 Å². The van der Waals surface area contributed by atoms with Gasteiger partial charge in [-0.15, -0.1) is 0 Å². The van der Waals surface area contributed by atoms with Crippen molar-refractivity contribution in [3.8, 4) is 0 Å². The van der Waals surface area contributed by atoms with Crippen molar-refractivity contribution >= 4 is 0 Å². The fraction of sp³-hybridized carbons (Fsp3) is 1.00. The largest absolute Gasteiger partial charge is 0.392 e. The Morgan fingerprint density at radius 3 is 0.910 bits per heavy atom. The number of hydrogen-bond donors (Lipinski definition) is 0. The molecular formula is C73H108F38. The number of hydrogen-bond acceptors (Lipinski definition) is 0. The molecular weight excluding hydrogens is 1600 g/mol. The van der Waals surface area contributed by atoms with Gasteiger partial charge >= 0.3 is 67.4 Å². The van der Waals surface area contributed by atoms with Crippen LogP contribution in [0.5, 0.6) is 0 Å². The van der Waals surface area contributed by atoms with E-state index < -0.39 is 217 Å². The summed E-state index contributed by atoms with van der Waals surface area (Å²) in [4.78, 5) is 0. The van der Waals surface area contributed by atoms with Gasteiger partial charge in [0.2, 0.25) is 5.67 Å². The lowest BCUT2D eigenvalue weighted by molar-refractivity contribution is -0.321. The molecule has 8 rings (SSSR count).